The van der Waals surface area contributed by atoms with Crippen LogP contribution in [0.3, 0.4) is 0 Å². The number of nitrogens with one attached hydrogen (secondary N) is 1. The van der Waals surface area contributed by atoms with Gasteiger partial charge in [-0.1, -0.05) is 6.92 Å². The molecule has 0 aliphatic carbocycles. The second-order valence-corrected chi connectivity index (χ2v) is 7.96. The van der Waals surface area contributed by atoms with Gasteiger partial charge in [-0.25, -0.2) is 8.42 Å². The number of nitrogens with zero attached hydrogens (tertiary/aromatic N) is 3. The second kappa shape index (κ2) is 6.27. The molecule has 0 radical (unpaired) electrons. The Morgan fingerprint density at radius 1 is 1.57 bits per heavy atom. The number of carbonyl (C=O) groups is 1. The zero-order chi connectivity index (χ0) is 15.6. The fourth-order valence-electron chi connectivity index (χ4n) is 2.46. The third kappa shape index (κ3) is 3.70. The molecular formula is C12H20N4O3S2. The van der Waals surface area contributed by atoms with Crippen LogP contribution in [0.15, 0.2) is 0 Å². The number of sulfone groups is 1. The Bertz CT molecular complexity index is 677. The molecule has 2 heterocycles. The van der Waals surface area contributed by atoms with Crippen LogP contribution in [0.4, 0.5) is 0 Å². The molecular weight excluding hydrogens is 312 g/mol. The van der Waals surface area contributed by atoms with Crippen molar-refractivity contribution in [1.29, 1.82) is 0 Å². The molecule has 1 saturated heterocycles. The zero-order valence-electron chi connectivity index (χ0n) is 12.2. The molecule has 21 heavy (non-hydrogen) atoms. The minimum Gasteiger partial charge on any atom is -0.340 e. The van der Waals surface area contributed by atoms with Crippen LogP contribution in [0.5, 0.6) is 0 Å². The first-order chi connectivity index (χ1) is 9.84. The van der Waals surface area contributed by atoms with Crippen molar-refractivity contribution in [2.45, 2.75) is 38.8 Å². The molecule has 1 aromatic rings. The third-order valence-corrected chi connectivity index (χ3v) is 5.82. The van der Waals surface area contributed by atoms with Gasteiger partial charge in [0.1, 0.15) is 12.4 Å². The highest BCUT2D eigenvalue weighted by Crippen LogP contribution is 2.17. The van der Waals surface area contributed by atoms with E-state index >= 15 is 0 Å². The summed E-state index contributed by atoms with van der Waals surface area (Å²) in [6, 6.07) is -0.238. The summed E-state index contributed by atoms with van der Waals surface area (Å²) in [4.78, 5) is 13.9. The third-order valence-electron chi connectivity index (χ3n) is 3.75. The number of aromatic nitrogens is 3. The van der Waals surface area contributed by atoms with E-state index in [9.17, 15) is 13.2 Å². The van der Waals surface area contributed by atoms with Crippen molar-refractivity contribution >= 4 is 28.0 Å². The van der Waals surface area contributed by atoms with Crippen LogP contribution in [0.1, 0.15) is 25.6 Å². The summed E-state index contributed by atoms with van der Waals surface area (Å²) in [6.45, 7) is 2.12. The number of rotatable bonds is 5. The van der Waals surface area contributed by atoms with Crippen molar-refractivity contribution < 1.29 is 13.2 Å². The Hall–Kier alpha value is -1.22. The standard InChI is InChI=1S/C12H20N4O3S2/c1-3-4-10-13-14-12(20)16(10)7-11(17)15(2)9-5-6-21(18,19)8-9/h9H,3-8H2,1-2H3,(H,14,20). The monoisotopic (exact) mass is 332 g/mol. The molecule has 1 unspecified atom stereocenters. The van der Waals surface area contributed by atoms with E-state index in [1.807, 2.05) is 6.92 Å². The van der Waals surface area contributed by atoms with Gasteiger partial charge in [0.25, 0.3) is 0 Å². The summed E-state index contributed by atoms with van der Waals surface area (Å²) in [7, 11) is -1.35. The van der Waals surface area contributed by atoms with Gasteiger partial charge < -0.3 is 4.90 Å². The number of aryl methyl sites for hydroxylation is 1. The van der Waals surface area contributed by atoms with Gasteiger partial charge in [-0.05, 0) is 25.1 Å². The number of likely N-dealkylation sites (N-methyl/N-ethyl adjacent to an activating group) is 1. The molecule has 1 amide bonds. The summed E-state index contributed by atoms with van der Waals surface area (Å²) >= 11 is 5.14. The second-order valence-electron chi connectivity index (χ2n) is 5.34. The minimum absolute atomic E-state index is 0.0494. The fraction of sp³-hybridized carbons (Fsp3) is 0.750. The van der Waals surface area contributed by atoms with E-state index in [2.05, 4.69) is 10.2 Å². The van der Waals surface area contributed by atoms with E-state index in [0.29, 0.717) is 11.2 Å². The lowest BCUT2D eigenvalue weighted by Gasteiger charge is -2.23. The first kappa shape index (κ1) is 16.2. The Kier molecular flexibility index (Phi) is 4.82. The molecule has 1 fully saturated rings. The molecule has 1 N–H and O–H groups in total. The SMILES string of the molecule is CCCc1n[nH]c(=S)n1CC(=O)N(C)C1CCS(=O)(=O)C1. The molecule has 1 aliphatic heterocycles. The maximum absolute atomic E-state index is 12.3. The maximum atomic E-state index is 12.3. The highest BCUT2D eigenvalue weighted by molar-refractivity contribution is 7.91. The van der Waals surface area contributed by atoms with E-state index in [0.717, 1.165) is 18.7 Å². The normalized spacial score (nSPS) is 20.6. The number of hydrogen-bond acceptors (Lipinski definition) is 5. The molecule has 2 rings (SSSR count). The van der Waals surface area contributed by atoms with Crippen LogP contribution in [0.25, 0.3) is 0 Å². The summed E-state index contributed by atoms with van der Waals surface area (Å²) in [5, 5.41) is 6.82. The van der Waals surface area contributed by atoms with Crippen molar-refractivity contribution in [3.05, 3.63) is 10.6 Å². The van der Waals surface area contributed by atoms with Gasteiger partial charge in [-0.2, -0.15) is 5.10 Å². The van der Waals surface area contributed by atoms with Gasteiger partial charge in [0, 0.05) is 19.5 Å². The van der Waals surface area contributed by atoms with E-state index in [1.165, 1.54) is 4.90 Å². The van der Waals surface area contributed by atoms with E-state index < -0.39 is 9.84 Å². The Morgan fingerprint density at radius 3 is 2.86 bits per heavy atom. The van der Waals surface area contributed by atoms with Crippen LogP contribution >= 0.6 is 12.2 Å². The average molecular weight is 332 g/mol. The van der Waals surface area contributed by atoms with Crippen molar-refractivity contribution in [3.63, 3.8) is 0 Å². The molecule has 1 aromatic heterocycles. The smallest absolute Gasteiger partial charge is 0.242 e. The van der Waals surface area contributed by atoms with Crippen LogP contribution in [-0.2, 0) is 27.6 Å². The Labute approximate surface area is 129 Å². The van der Waals surface area contributed by atoms with E-state index in [-0.39, 0.29) is 30.0 Å². The average Bonchev–Trinajstić information content (AvgIpc) is 2.94. The van der Waals surface area contributed by atoms with Gasteiger partial charge in [0.15, 0.2) is 14.6 Å². The summed E-state index contributed by atoms with van der Waals surface area (Å²) in [5.41, 5.74) is 0. The van der Waals surface area contributed by atoms with E-state index in [1.54, 1.807) is 11.6 Å². The van der Waals surface area contributed by atoms with Gasteiger partial charge >= 0.3 is 0 Å². The van der Waals surface area contributed by atoms with Crippen LogP contribution < -0.4 is 0 Å². The van der Waals surface area contributed by atoms with Crippen molar-refractivity contribution in [3.8, 4) is 0 Å². The lowest BCUT2D eigenvalue weighted by atomic mass is 10.2. The Balaban J connectivity index is 2.08. The predicted octanol–water partition coefficient (Wildman–Crippen LogP) is 0.539. The lowest BCUT2D eigenvalue weighted by Crippen LogP contribution is -2.40. The maximum Gasteiger partial charge on any atom is 0.242 e. The Morgan fingerprint density at radius 2 is 2.29 bits per heavy atom. The van der Waals surface area contributed by atoms with Crippen molar-refractivity contribution in [2.24, 2.45) is 0 Å². The molecule has 7 nitrogen and oxygen atoms in total. The largest absolute Gasteiger partial charge is 0.340 e. The number of hydrogen-bond donors (Lipinski definition) is 1. The molecule has 1 atom stereocenters. The summed E-state index contributed by atoms with van der Waals surface area (Å²) < 4.78 is 25.1. The number of amides is 1. The van der Waals surface area contributed by atoms with Gasteiger partial charge in [0.2, 0.25) is 5.91 Å². The quantitative estimate of drug-likeness (QED) is 0.795. The molecule has 0 saturated carbocycles. The zero-order valence-corrected chi connectivity index (χ0v) is 13.8. The molecule has 1 aliphatic rings. The van der Waals surface area contributed by atoms with Crippen LogP contribution in [0, 0.1) is 4.77 Å². The number of aromatic amines is 1. The first-order valence-electron chi connectivity index (χ1n) is 6.94. The summed E-state index contributed by atoms with van der Waals surface area (Å²) in [5.74, 6) is 0.810. The van der Waals surface area contributed by atoms with Crippen molar-refractivity contribution in [1.82, 2.24) is 19.7 Å². The van der Waals surface area contributed by atoms with Gasteiger partial charge in [0.05, 0.1) is 11.5 Å². The predicted molar refractivity (Wildman–Crippen MR) is 81.2 cm³/mol. The molecule has 118 valence electrons. The van der Waals surface area contributed by atoms with Crippen LogP contribution in [-0.4, -0.2) is 58.6 Å². The summed E-state index contributed by atoms with van der Waals surface area (Å²) in [6.07, 6.45) is 2.15. The first-order valence-corrected chi connectivity index (χ1v) is 9.17. The number of carbonyl (C=O) groups excluding carboxylic acids is 1. The molecule has 0 spiro atoms. The molecule has 9 heteroatoms. The fourth-order valence-corrected chi connectivity index (χ4v) is 4.45. The van der Waals surface area contributed by atoms with E-state index in [4.69, 9.17) is 12.2 Å². The van der Waals surface area contributed by atoms with Gasteiger partial charge in [-0.3, -0.25) is 14.5 Å². The highest BCUT2D eigenvalue weighted by Gasteiger charge is 2.32. The number of H-pyrrole nitrogens is 1. The molecule has 0 aromatic carbocycles. The topological polar surface area (TPSA) is 88.1 Å². The molecule has 0 bridgehead atoms. The lowest BCUT2D eigenvalue weighted by molar-refractivity contribution is -0.132. The van der Waals surface area contributed by atoms with Gasteiger partial charge in [-0.15, -0.1) is 0 Å². The van der Waals surface area contributed by atoms with Crippen molar-refractivity contribution in [2.75, 3.05) is 18.6 Å². The van der Waals surface area contributed by atoms with Crippen LogP contribution in [0.2, 0.25) is 0 Å². The minimum atomic E-state index is -3.00. The highest BCUT2D eigenvalue weighted by atomic mass is 32.2.